The van der Waals surface area contributed by atoms with Gasteiger partial charge in [-0.2, -0.15) is 17.0 Å². The zero-order chi connectivity index (χ0) is 21.7. The van der Waals surface area contributed by atoms with Crippen molar-refractivity contribution in [3.8, 4) is 0 Å². The van der Waals surface area contributed by atoms with Gasteiger partial charge in [0.1, 0.15) is 11.8 Å². The Labute approximate surface area is 177 Å². The van der Waals surface area contributed by atoms with Crippen LogP contribution in [0.3, 0.4) is 0 Å². The van der Waals surface area contributed by atoms with Gasteiger partial charge < -0.3 is 9.84 Å². The Balaban J connectivity index is 1.76. The molecular weight excluding hydrogens is 406 g/mol. The zero-order valence-corrected chi connectivity index (χ0v) is 18.4. The second-order valence-corrected chi connectivity index (χ2v) is 9.08. The highest BCUT2D eigenvalue weighted by atomic mass is 32.2. The van der Waals surface area contributed by atoms with E-state index in [0.29, 0.717) is 50.8 Å². The minimum Gasteiger partial charge on any atom is -0.360 e. The molecule has 3 rings (SSSR count). The van der Waals surface area contributed by atoms with Crippen LogP contribution in [0.4, 0.5) is 5.82 Å². The number of carbonyl (C=O) groups excluding carboxylic acids is 1. The van der Waals surface area contributed by atoms with E-state index in [1.165, 1.54) is 8.61 Å². The van der Waals surface area contributed by atoms with Gasteiger partial charge >= 0.3 is 0 Å². The molecule has 164 valence electrons. The lowest BCUT2D eigenvalue weighted by atomic mass is 10.0. The Morgan fingerprint density at radius 1 is 1.17 bits per heavy atom. The molecule has 2 aromatic rings. The number of amides is 1. The fourth-order valence-electron chi connectivity index (χ4n) is 3.69. The minimum atomic E-state index is -3.49. The van der Waals surface area contributed by atoms with E-state index in [0.717, 1.165) is 5.56 Å². The number of nitrogens with one attached hydrogen (secondary N) is 1. The Kier molecular flexibility index (Phi) is 7.24. The van der Waals surface area contributed by atoms with Crippen molar-refractivity contribution >= 4 is 21.9 Å². The fourth-order valence-corrected chi connectivity index (χ4v) is 5.29. The number of aromatic nitrogens is 1. The summed E-state index contributed by atoms with van der Waals surface area (Å²) in [5.41, 5.74) is 0.843. The summed E-state index contributed by atoms with van der Waals surface area (Å²) in [6, 6.07) is 10.6. The average Bonchev–Trinajstić information content (AvgIpc) is 3.14. The highest BCUT2D eigenvalue weighted by molar-refractivity contribution is 7.86. The van der Waals surface area contributed by atoms with Gasteiger partial charge in [0.05, 0.1) is 0 Å². The molecule has 1 saturated heterocycles. The summed E-state index contributed by atoms with van der Waals surface area (Å²) in [6.07, 6.45) is 0. The number of hydrogen-bond acceptors (Lipinski definition) is 6. The van der Waals surface area contributed by atoms with Crippen molar-refractivity contribution in [1.82, 2.24) is 18.7 Å². The molecule has 30 heavy (non-hydrogen) atoms. The zero-order valence-electron chi connectivity index (χ0n) is 17.6. The van der Waals surface area contributed by atoms with E-state index >= 15 is 0 Å². The molecule has 0 radical (unpaired) electrons. The van der Waals surface area contributed by atoms with E-state index in [1.807, 2.05) is 49.1 Å². The van der Waals surface area contributed by atoms with Gasteiger partial charge in [-0.1, -0.05) is 49.3 Å². The van der Waals surface area contributed by atoms with Gasteiger partial charge in [0.2, 0.25) is 5.91 Å². The van der Waals surface area contributed by atoms with Crippen molar-refractivity contribution in [2.75, 3.05) is 44.6 Å². The number of carbonyl (C=O) groups is 1. The number of hydrogen-bond donors (Lipinski definition) is 1. The fraction of sp³-hybridized carbons (Fsp3) is 0.500. The Morgan fingerprint density at radius 2 is 1.80 bits per heavy atom. The average molecular weight is 436 g/mol. The molecule has 1 N–H and O–H groups in total. The predicted molar refractivity (Wildman–Crippen MR) is 114 cm³/mol. The van der Waals surface area contributed by atoms with E-state index in [2.05, 4.69) is 10.5 Å². The normalized spacial score (nSPS) is 17.2. The monoisotopic (exact) mass is 435 g/mol. The molecule has 0 bridgehead atoms. The number of nitrogens with zero attached hydrogens (tertiary/aromatic N) is 4. The topological polar surface area (TPSA) is 99.0 Å². The van der Waals surface area contributed by atoms with E-state index in [9.17, 15) is 13.2 Å². The summed E-state index contributed by atoms with van der Waals surface area (Å²) in [6.45, 7) is 7.86. The molecule has 1 aliphatic rings. The molecule has 1 unspecified atom stereocenters. The van der Waals surface area contributed by atoms with Crippen molar-refractivity contribution in [3.63, 3.8) is 0 Å². The lowest BCUT2D eigenvalue weighted by molar-refractivity contribution is -0.122. The largest absolute Gasteiger partial charge is 0.360 e. The first kappa shape index (κ1) is 22.4. The quantitative estimate of drug-likeness (QED) is 0.680. The summed E-state index contributed by atoms with van der Waals surface area (Å²) < 4.78 is 33.6. The van der Waals surface area contributed by atoms with Crippen LogP contribution in [0, 0.1) is 6.92 Å². The lowest BCUT2D eigenvalue weighted by Crippen LogP contribution is -2.54. The van der Waals surface area contributed by atoms with Crippen molar-refractivity contribution in [3.05, 3.63) is 47.7 Å². The van der Waals surface area contributed by atoms with Gasteiger partial charge in [0.25, 0.3) is 10.2 Å². The van der Waals surface area contributed by atoms with E-state index in [4.69, 9.17) is 4.52 Å². The van der Waals surface area contributed by atoms with Crippen molar-refractivity contribution in [1.29, 1.82) is 0 Å². The number of anilines is 1. The number of piperazine rings is 1. The number of aryl methyl sites for hydroxylation is 1. The first-order valence-electron chi connectivity index (χ1n) is 10.1. The molecule has 10 heteroatoms. The van der Waals surface area contributed by atoms with Crippen LogP contribution in [0.25, 0.3) is 0 Å². The van der Waals surface area contributed by atoms with Gasteiger partial charge in [0.15, 0.2) is 5.82 Å². The van der Waals surface area contributed by atoms with Gasteiger partial charge in [-0.3, -0.25) is 9.69 Å². The van der Waals surface area contributed by atoms with Crippen LogP contribution in [-0.2, 0) is 15.0 Å². The van der Waals surface area contributed by atoms with Crippen molar-refractivity contribution in [2.45, 2.75) is 26.8 Å². The Hall–Kier alpha value is -2.27. The molecule has 0 aliphatic carbocycles. The van der Waals surface area contributed by atoms with E-state index < -0.39 is 16.3 Å². The highest BCUT2D eigenvalue weighted by Crippen LogP contribution is 2.25. The maximum Gasteiger partial charge on any atom is 0.282 e. The second-order valence-electron chi connectivity index (χ2n) is 7.15. The maximum absolute atomic E-state index is 13.1. The molecule has 0 spiro atoms. The van der Waals surface area contributed by atoms with Gasteiger partial charge in [0, 0.05) is 45.3 Å². The summed E-state index contributed by atoms with van der Waals surface area (Å²) in [5, 5.41) is 6.65. The lowest BCUT2D eigenvalue weighted by Gasteiger charge is -2.39. The predicted octanol–water partition coefficient (Wildman–Crippen LogP) is 1.87. The Bertz CT molecular complexity index is 935. The molecule has 1 aromatic heterocycles. The third-order valence-corrected chi connectivity index (χ3v) is 7.43. The number of benzene rings is 1. The molecular formula is C20H29N5O4S. The van der Waals surface area contributed by atoms with Crippen LogP contribution in [0.5, 0.6) is 0 Å². The SMILES string of the molecule is CCN(CC)S(=O)(=O)N1CCN(C(C(=O)Nc2cc(C)on2)c2ccccc2)CC1. The summed E-state index contributed by atoms with van der Waals surface area (Å²) >= 11 is 0. The van der Waals surface area contributed by atoms with Gasteiger partial charge in [-0.15, -0.1) is 0 Å². The third kappa shape index (κ3) is 4.89. The molecule has 1 aromatic carbocycles. The van der Waals surface area contributed by atoms with Crippen molar-refractivity contribution in [2.24, 2.45) is 0 Å². The second kappa shape index (κ2) is 9.69. The van der Waals surface area contributed by atoms with Crippen LogP contribution in [0.15, 0.2) is 40.9 Å². The maximum atomic E-state index is 13.1. The molecule has 9 nitrogen and oxygen atoms in total. The van der Waals surface area contributed by atoms with E-state index in [1.54, 1.807) is 13.0 Å². The van der Waals surface area contributed by atoms with Crippen LogP contribution in [0.1, 0.15) is 31.2 Å². The van der Waals surface area contributed by atoms with E-state index in [-0.39, 0.29) is 5.91 Å². The van der Waals surface area contributed by atoms with Crippen LogP contribution in [0.2, 0.25) is 0 Å². The van der Waals surface area contributed by atoms with Crippen LogP contribution < -0.4 is 5.32 Å². The summed E-state index contributed by atoms with van der Waals surface area (Å²) in [4.78, 5) is 15.1. The highest BCUT2D eigenvalue weighted by Gasteiger charge is 2.35. The number of rotatable bonds is 8. The van der Waals surface area contributed by atoms with Crippen LogP contribution in [-0.4, -0.2) is 72.3 Å². The van der Waals surface area contributed by atoms with Crippen LogP contribution >= 0.6 is 0 Å². The summed E-state index contributed by atoms with van der Waals surface area (Å²) in [7, 11) is -3.49. The standard InChI is InChI=1S/C20H29N5O4S/c1-4-24(5-2)30(27,28)25-13-11-23(12-14-25)19(17-9-7-6-8-10-17)20(26)21-18-15-16(3)29-22-18/h6-10,15,19H,4-5,11-14H2,1-3H3,(H,21,22,26). The first-order valence-corrected chi connectivity index (χ1v) is 11.5. The first-order chi connectivity index (χ1) is 14.4. The molecule has 1 amide bonds. The molecule has 1 atom stereocenters. The Morgan fingerprint density at radius 3 is 2.33 bits per heavy atom. The van der Waals surface area contributed by atoms with Gasteiger partial charge in [-0.05, 0) is 12.5 Å². The van der Waals surface area contributed by atoms with Crippen molar-refractivity contribution < 1.29 is 17.7 Å². The van der Waals surface area contributed by atoms with Gasteiger partial charge in [-0.25, -0.2) is 0 Å². The minimum absolute atomic E-state index is 0.227. The molecule has 1 aliphatic heterocycles. The summed E-state index contributed by atoms with van der Waals surface area (Å²) in [5.74, 6) is 0.743. The molecule has 1 fully saturated rings. The smallest absolute Gasteiger partial charge is 0.282 e. The molecule has 0 saturated carbocycles. The molecule has 2 heterocycles. The third-order valence-electron chi connectivity index (χ3n) is 5.24.